The van der Waals surface area contributed by atoms with E-state index in [9.17, 15) is 9.59 Å². The summed E-state index contributed by atoms with van der Waals surface area (Å²) in [5.74, 6) is -0.653. The van der Waals surface area contributed by atoms with Crippen LogP contribution in [0.15, 0.2) is 0 Å². The Bertz CT molecular complexity index is 302. The minimum atomic E-state index is -0.603. The Morgan fingerprint density at radius 2 is 2.06 bits per heavy atom. The highest BCUT2D eigenvalue weighted by Crippen LogP contribution is 2.09. The molecular weight excluding hydrogens is 220 g/mol. The number of hydrogen-bond donors (Lipinski definition) is 0. The molecule has 1 unspecified atom stereocenters. The maximum Gasteiger partial charge on any atom is 0.209 e. The second kappa shape index (κ2) is 7.02. The molecule has 0 aromatic rings. The molecule has 1 amide bonds. The summed E-state index contributed by atoms with van der Waals surface area (Å²) in [5.41, 5.74) is 0.0417. The van der Waals surface area contributed by atoms with Crippen molar-refractivity contribution in [1.82, 2.24) is 4.90 Å². The first-order valence-electron chi connectivity index (χ1n) is 5.51. The van der Waals surface area contributed by atoms with Gasteiger partial charge in [0.2, 0.25) is 6.41 Å². The molecule has 0 N–H and O–H groups in total. The van der Waals surface area contributed by atoms with Crippen molar-refractivity contribution in [2.45, 2.75) is 32.8 Å². The molecule has 1 aliphatic heterocycles. The molecule has 0 aliphatic carbocycles. The van der Waals surface area contributed by atoms with Crippen molar-refractivity contribution in [3.8, 4) is 6.07 Å². The second-order valence-corrected chi connectivity index (χ2v) is 4.81. The van der Waals surface area contributed by atoms with Gasteiger partial charge in [0.1, 0.15) is 5.92 Å². The Morgan fingerprint density at radius 1 is 1.53 bits per heavy atom. The molecule has 17 heavy (non-hydrogen) atoms. The summed E-state index contributed by atoms with van der Waals surface area (Å²) in [7, 11) is 1.71. The summed E-state index contributed by atoms with van der Waals surface area (Å²) in [6, 6.07) is 1.87. The van der Waals surface area contributed by atoms with E-state index < -0.39 is 5.92 Å². The van der Waals surface area contributed by atoms with Crippen molar-refractivity contribution in [1.29, 1.82) is 5.26 Å². The zero-order valence-corrected chi connectivity index (χ0v) is 10.9. The lowest BCUT2D eigenvalue weighted by Crippen LogP contribution is -2.39. The highest BCUT2D eigenvalue weighted by Gasteiger charge is 2.25. The van der Waals surface area contributed by atoms with Gasteiger partial charge in [0, 0.05) is 26.6 Å². The van der Waals surface area contributed by atoms with Crippen LogP contribution in [0.3, 0.4) is 0 Å². The first-order chi connectivity index (χ1) is 7.84. The zero-order valence-electron chi connectivity index (χ0n) is 10.9. The van der Waals surface area contributed by atoms with Gasteiger partial charge in [-0.2, -0.15) is 5.26 Å². The molecule has 1 atom stereocenters. The summed E-state index contributed by atoms with van der Waals surface area (Å²) in [4.78, 5) is 22.6. The van der Waals surface area contributed by atoms with Gasteiger partial charge in [0.15, 0.2) is 5.78 Å². The van der Waals surface area contributed by atoms with Gasteiger partial charge in [-0.3, -0.25) is 9.59 Å². The lowest BCUT2D eigenvalue weighted by molar-refractivity contribution is -0.128. The van der Waals surface area contributed by atoms with Crippen LogP contribution in [0.4, 0.5) is 0 Å². The van der Waals surface area contributed by atoms with Gasteiger partial charge in [-0.25, -0.2) is 0 Å². The summed E-state index contributed by atoms with van der Waals surface area (Å²) >= 11 is 0. The topological polar surface area (TPSA) is 70.4 Å². The van der Waals surface area contributed by atoms with E-state index in [-0.39, 0.29) is 17.9 Å². The molecule has 96 valence electrons. The van der Waals surface area contributed by atoms with E-state index >= 15 is 0 Å². The Balaban J connectivity index is 0.000000366. The molecule has 0 aromatic carbocycles. The number of ketones is 1. The van der Waals surface area contributed by atoms with E-state index in [0.29, 0.717) is 19.4 Å². The number of Topliss-reactive ketones (excluding diaryl/α,β-unsaturated/α-hetero) is 1. The maximum atomic E-state index is 10.9. The minimum absolute atomic E-state index is 0.0417. The Hall–Kier alpha value is -1.41. The molecule has 1 heterocycles. The molecule has 1 fully saturated rings. The van der Waals surface area contributed by atoms with E-state index in [0.717, 1.165) is 0 Å². The fourth-order valence-corrected chi connectivity index (χ4v) is 1.06. The predicted octanol–water partition coefficient (Wildman–Crippen LogP) is 0.989. The van der Waals surface area contributed by atoms with Crippen molar-refractivity contribution in [2.75, 3.05) is 20.2 Å². The molecule has 5 nitrogen and oxygen atoms in total. The number of piperidine rings is 1. The quantitative estimate of drug-likeness (QED) is 0.641. The predicted molar refractivity (Wildman–Crippen MR) is 63.1 cm³/mol. The van der Waals surface area contributed by atoms with Crippen LogP contribution < -0.4 is 0 Å². The largest absolute Gasteiger partial charge is 0.379 e. The first kappa shape index (κ1) is 15.6. The number of rotatable bonds is 1. The lowest BCUT2D eigenvalue weighted by Gasteiger charge is -2.24. The Labute approximate surface area is 102 Å². The number of likely N-dealkylation sites (tertiary alicyclic amines) is 1. The van der Waals surface area contributed by atoms with Gasteiger partial charge in [-0.15, -0.1) is 0 Å². The zero-order chi connectivity index (χ0) is 13.5. The van der Waals surface area contributed by atoms with Gasteiger partial charge in [0.25, 0.3) is 0 Å². The second-order valence-electron chi connectivity index (χ2n) is 4.81. The third-order valence-corrected chi connectivity index (χ3v) is 2.37. The molecule has 0 spiro atoms. The average Bonchev–Trinajstić information content (AvgIpc) is 2.29. The van der Waals surface area contributed by atoms with E-state index in [1.807, 2.05) is 26.8 Å². The van der Waals surface area contributed by atoms with Crippen LogP contribution in [0, 0.1) is 17.2 Å². The van der Waals surface area contributed by atoms with Gasteiger partial charge in [-0.1, -0.05) is 0 Å². The van der Waals surface area contributed by atoms with Crippen molar-refractivity contribution in [3.05, 3.63) is 0 Å². The summed E-state index contributed by atoms with van der Waals surface area (Å²) in [5, 5.41) is 8.46. The number of nitrogens with zero attached hydrogens (tertiary/aromatic N) is 2. The third-order valence-electron chi connectivity index (χ3n) is 2.37. The summed E-state index contributed by atoms with van der Waals surface area (Å²) in [6.07, 6.45) is 0.994. The van der Waals surface area contributed by atoms with Crippen LogP contribution in [0.25, 0.3) is 0 Å². The number of carbonyl (C=O) groups is 2. The number of hydrogen-bond acceptors (Lipinski definition) is 4. The third kappa shape index (κ3) is 6.69. The fourth-order valence-electron chi connectivity index (χ4n) is 1.06. The number of methoxy groups -OCH3 is 1. The van der Waals surface area contributed by atoms with Gasteiger partial charge >= 0.3 is 0 Å². The first-order valence-corrected chi connectivity index (χ1v) is 5.51. The van der Waals surface area contributed by atoms with Gasteiger partial charge in [-0.05, 0) is 20.8 Å². The van der Waals surface area contributed by atoms with E-state index in [4.69, 9.17) is 10.00 Å². The van der Waals surface area contributed by atoms with Crippen molar-refractivity contribution >= 4 is 12.2 Å². The molecule has 5 heteroatoms. The van der Waals surface area contributed by atoms with E-state index in [2.05, 4.69) is 0 Å². The SMILES string of the molecule is COC(C)(C)C.N#CC1CN(C=O)CCC1=O. The summed E-state index contributed by atoms with van der Waals surface area (Å²) in [6.45, 7) is 6.78. The molecule has 1 aliphatic rings. The number of amides is 1. The molecule has 0 radical (unpaired) electrons. The Morgan fingerprint density at radius 3 is 2.41 bits per heavy atom. The van der Waals surface area contributed by atoms with E-state index in [1.54, 1.807) is 7.11 Å². The highest BCUT2D eigenvalue weighted by molar-refractivity contribution is 5.85. The molecule has 0 saturated carbocycles. The number of nitriles is 1. The van der Waals surface area contributed by atoms with Crippen molar-refractivity contribution < 1.29 is 14.3 Å². The normalized spacial score (nSPS) is 20.1. The van der Waals surface area contributed by atoms with Crippen LogP contribution >= 0.6 is 0 Å². The maximum absolute atomic E-state index is 10.9. The van der Waals surface area contributed by atoms with Gasteiger partial charge in [0.05, 0.1) is 11.7 Å². The van der Waals surface area contributed by atoms with Gasteiger partial charge < -0.3 is 9.64 Å². The number of ether oxygens (including phenoxy) is 1. The van der Waals surface area contributed by atoms with Crippen LogP contribution in [0.1, 0.15) is 27.2 Å². The lowest BCUT2D eigenvalue weighted by atomic mass is 9.99. The fraction of sp³-hybridized carbons (Fsp3) is 0.750. The van der Waals surface area contributed by atoms with Crippen LogP contribution in [0.2, 0.25) is 0 Å². The standard InChI is InChI=1S/C7H8N2O2.C5H12O/c8-3-6-4-9(5-10)2-1-7(6)11;1-5(2,3)6-4/h5-6H,1-2,4H2;1-4H3. The van der Waals surface area contributed by atoms with Crippen molar-refractivity contribution in [2.24, 2.45) is 5.92 Å². The molecule has 1 saturated heterocycles. The number of carbonyl (C=O) groups excluding carboxylic acids is 2. The van der Waals surface area contributed by atoms with Crippen LogP contribution in [-0.2, 0) is 14.3 Å². The Kier molecular flexibility index (Phi) is 6.44. The molecule has 0 aromatic heterocycles. The molecule has 1 rings (SSSR count). The molecular formula is C12H20N2O3. The van der Waals surface area contributed by atoms with Crippen LogP contribution in [0.5, 0.6) is 0 Å². The monoisotopic (exact) mass is 240 g/mol. The minimum Gasteiger partial charge on any atom is -0.379 e. The summed E-state index contributed by atoms with van der Waals surface area (Å²) < 4.78 is 4.94. The average molecular weight is 240 g/mol. The van der Waals surface area contributed by atoms with Crippen LogP contribution in [-0.4, -0.2) is 42.9 Å². The van der Waals surface area contributed by atoms with Crippen molar-refractivity contribution in [3.63, 3.8) is 0 Å². The highest BCUT2D eigenvalue weighted by atomic mass is 16.5. The molecule has 0 bridgehead atoms. The smallest absolute Gasteiger partial charge is 0.209 e. The van der Waals surface area contributed by atoms with E-state index in [1.165, 1.54) is 4.90 Å².